The van der Waals surface area contributed by atoms with Crippen molar-refractivity contribution in [3.05, 3.63) is 34.4 Å². The Bertz CT molecular complexity index is 381. The van der Waals surface area contributed by atoms with Crippen LogP contribution in [0.1, 0.15) is 34.0 Å². The number of carboxylic acids is 1. The lowest BCUT2D eigenvalue weighted by atomic mass is 9.96. The van der Waals surface area contributed by atoms with E-state index in [9.17, 15) is 9.90 Å². The standard InChI is InChI=1S/C12H16O3/c1-7-4-8(2)11(12(14)15)6-10(7)5-9(3)13/h4,6,9,13H,5H2,1-3H3,(H,14,15). The maximum Gasteiger partial charge on any atom is 0.335 e. The van der Waals surface area contributed by atoms with Crippen molar-refractivity contribution in [3.8, 4) is 0 Å². The molecule has 2 N–H and O–H groups in total. The molecule has 0 aliphatic rings. The molecule has 3 nitrogen and oxygen atoms in total. The number of carbonyl (C=O) groups is 1. The summed E-state index contributed by atoms with van der Waals surface area (Å²) in [7, 11) is 0. The lowest BCUT2D eigenvalue weighted by Crippen LogP contribution is -2.08. The topological polar surface area (TPSA) is 57.5 Å². The second-order valence-electron chi connectivity index (χ2n) is 3.95. The van der Waals surface area contributed by atoms with Crippen LogP contribution in [0.2, 0.25) is 0 Å². The highest BCUT2D eigenvalue weighted by Crippen LogP contribution is 2.17. The Hall–Kier alpha value is -1.35. The van der Waals surface area contributed by atoms with Crippen LogP contribution in [0.5, 0.6) is 0 Å². The molecule has 0 aliphatic heterocycles. The summed E-state index contributed by atoms with van der Waals surface area (Å²) < 4.78 is 0. The van der Waals surface area contributed by atoms with Crippen molar-refractivity contribution in [2.45, 2.75) is 33.3 Å². The van der Waals surface area contributed by atoms with Crippen molar-refractivity contribution in [1.82, 2.24) is 0 Å². The van der Waals surface area contributed by atoms with E-state index >= 15 is 0 Å². The molecular weight excluding hydrogens is 192 g/mol. The number of rotatable bonds is 3. The first-order chi connectivity index (χ1) is 6.91. The summed E-state index contributed by atoms with van der Waals surface area (Å²) in [4.78, 5) is 10.9. The lowest BCUT2D eigenvalue weighted by molar-refractivity contribution is 0.0695. The van der Waals surface area contributed by atoms with Crippen LogP contribution in [-0.4, -0.2) is 22.3 Å². The van der Waals surface area contributed by atoms with Gasteiger partial charge in [0.2, 0.25) is 0 Å². The molecule has 0 saturated heterocycles. The largest absolute Gasteiger partial charge is 0.478 e. The van der Waals surface area contributed by atoms with Crippen LogP contribution in [0.4, 0.5) is 0 Å². The molecule has 3 heteroatoms. The molecule has 0 bridgehead atoms. The Balaban J connectivity index is 3.17. The highest BCUT2D eigenvalue weighted by atomic mass is 16.4. The van der Waals surface area contributed by atoms with Crippen molar-refractivity contribution in [2.24, 2.45) is 0 Å². The van der Waals surface area contributed by atoms with Crippen molar-refractivity contribution in [3.63, 3.8) is 0 Å². The van der Waals surface area contributed by atoms with Crippen molar-refractivity contribution in [2.75, 3.05) is 0 Å². The zero-order valence-corrected chi connectivity index (χ0v) is 9.24. The summed E-state index contributed by atoms with van der Waals surface area (Å²) in [5.41, 5.74) is 3.00. The summed E-state index contributed by atoms with van der Waals surface area (Å²) in [6, 6.07) is 3.50. The molecule has 15 heavy (non-hydrogen) atoms. The smallest absolute Gasteiger partial charge is 0.335 e. The minimum Gasteiger partial charge on any atom is -0.478 e. The van der Waals surface area contributed by atoms with E-state index in [0.29, 0.717) is 12.0 Å². The molecule has 0 amide bonds. The molecule has 0 aromatic heterocycles. The number of hydrogen-bond donors (Lipinski definition) is 2. The van der Waals surface area contributed by atoms with Gasteiger partial charge in [0.05, 0.1) is 11.7 Å². The zero-order valence-electron chi connectivity index (χ0n) is 9.24. The van der Waals surface area contributed by atoms with E-state index in [1.54, 1.807) is 19.9 Å². The number of hydrogen-bond acceptors (Lipinski definition) is 2. The lowest BCUT2D eigenvalue weighted by Gasteiger charge is -2.11. The highest BCUT2D eigenvalue weighted by molar-refractivity contribution is 5.89. The average molecular weight is 208 g/mol. The van der Waals surface area contributed by atoms with Crippen molar-refractivity contribution in [1.29, 1.82) is 0 Å². The van der Waals surface area contributed by atoms with Gasteiger partial charge < -0.3 is 10.2 Å². The highest BCUT2D eigenvalue weighted by Gasteiger charge is 2.11. The van der Waals surface area contributed by atoms with Crippen LogP contribution in [0.15, 0.2) is 12.1 Å². The molecule has 1 aromatic carbocycles. The molecule has 82 valence electrons. The van der Waals surface area contributed by atoms with Crippen molar-refractivity contribution < 1.29 is 15.0 Å². The van der Waals surface area contributed by atoms with Crippen LogP contribution in [0.25, 0.3) is 0 Å². The second kappa shape index (κ2) is 4.45. The third-order valence-corrected chi connectivity index (χ3v) is 2.43. The predicted octanol–water partition coefficient (Wildman–Crippen LogP) is 1.92. The van der Waals surface area contributed by atoms with Crippen LogP contribution >= 0.6 is 0 Å². The van der Waals surface area contributed by atoms with Gasteiger partial charge in [-0.3, -0.25) is 0 Å². The average Bonchev–Trinajstić information content (AvgIpc) is 2.08. The van der Waals surface area contributed by atoms with Gasteiger partial charge in [0.15, 0.2) is 0 Å². The Morgan fingerprint density at radius 1 is 1.33 bits per heavy atom. The van der Waals surface area contributed by atoms with Gasteiger partial charge in [-0.05, 0) is 49.9 Å². The van der Waals surface area contributed by atoms with Crippen LogP contribution in [-0.2, 0) is 6.42 Å². The van der Waals surface area contributed by atoms with E-state index in [2.05, 4.69) is 0 Å². The Morgan fingerprint density at radius 2 is 1.93 bits per heavy atom. The molecule has 1 rings (SSSR count). The third kappa shape index (κ3) is 2.80. The van der Waals surface area contributed by atoms with Crippen LogP contribution in [0.3, 0.4) is 0 Å². The van der Waals surface area contributed by atoms with E-state index < -0.39 is 12.1 Å². The minimum atomic E-state index is -0.917. The zero-order chi connectivity index (χ0) is 11.6. The van der Waals surface area contributed by atoms with Crippen LogP contribution < -0.4 is 0 Å². The van der Waals surface area contributed by atoms with Gasteiger partial charge in [-0.25, -0.2) is 4.79 Å². The summed E-state index contributed by atoms with van der Waals surface area (Å²) in [6.45, 7) is 5.40. The molecule has 1 aromatic rings. The molecular formula is C12H16O3. The fraction of sp³-hybridized carbons (Fsp3) is 0.417. The maximum absolute atomic E-state index is 10.9. The SMILES string of the molecule is Cc1cc(C)c(C(=O)O)cc1CC(C)O. The minimum absolute atomic E-state index is 0.316. The van der Waals surface area contributed by atoms with Gasteiger partial charge >= 0.3 is 5.97 Å². The molecule has 1 atom stereocenters. The fourth-order valence-electron chi connectivity index (χ4n) is 1.67. The van der Waals surface area contributed by atoms with Crippen LogP contribution in [0, 0.1) is 13.8 Å². The Labute approximate surface area is 89.4 Å². The Morgan fingerprint density at radius 3 is 2.40 bits per heavy atom. The number of aromatic carboxylic acids is 1. The van der Waals surface area contributed by atoms with E-state index in [1.807, 2.05) is 13.0 Å². The van der Waals surface area contributed by atoms with Gasteiger partial charge in [0.25, 0.3) is 0 Å². The first-order valence-electron chi connectivity index (χ1n) is 4.93. The molecule has 0 heterocycles. The normalized spacial score (nSPS) is 12.5. The summed E-state index contributed by atoms with van der Waals surface area (Å²) in [5, 5.41) is 18.2. The van der Waals surface area contributed by atoms with Gasteiger partial charge in [-0.1, -0.05) is 6.07 Å². The Kier molecular flexibility index (Phi) is 3.48. The van der Waals surface area contributed by atoms with Gasteiger partial charge in [-0.2, -0.15) is 0 Å². The fourth-order valence-corrected chi connectivity index (χ4v) is 1.67. The van der Waals surface area contributed by atoms with E-state index in [4.69, 9.17) is 5.11 Å². The second-order valence-corrected chi connectivity index (χ2v) is 3.95. The first-order valence-corrected chi connectivity index (χ1v) is 4.93. The number of aryl methyl sites for hydroxylation is 2. The molecule has 0 spiro atoms. The van der Waals surface area contributed by atoms with Gasteiger partial charge in [0.1, 0.15) is 0 Å². The summed E-state index contributed by atoms with van der Waals surface area (Å²) in [5.74, 6) is -0.917. The number of aliphatic hydroxyl groups excluding tert-OH is 1. The number of benzene rings is 1. The molecule has 0 radical (unpaired) electrons. The summed E-state index contributed by atoms with van der Waals surface area (Å²) in [6.07, 6.45) is 0.0416. The van der Waals surface area contributed by atoms with E-state index in [1.165, 1.54) is 0 Å². The first kappa shape index (κ1) is 11.7. The van der Waals surface area contributed by atoms with E-state index in [0.717, 1.165) is 16.7 Å². The third-order valence-electron chi connectivity index (χ3n) is 2.43. The van der Waals surface area contributed by atoms with E-state index in [-0.39, 0.29) is 0 Å². The number of carboxylic acid groups (broad SMARTS) is 1. The molecule has 1 unspecified atom stereocenters. The molecule has 0 saturated carbocycles. The monoisotopic (exact) mass is 208 g/mol. The number of aliphatic hydroxyl groups is 1. The van der Waals surface area contributed by atoms with Gasteiger partial charge in [0, 0.05) is 0 Å². The maximum atomic E-state index is 10.9. The molecule has 0 fully saturated rings. The molecule has 0 aliphatic carbocycles. The quantitative estimate of drug-likeness (QED) is 0.798. The van der Waals surface area contributed by atoms with Gasteiger partial charge in [-0.15, -0.1) is 0 Å². The summed E-state index contributed by atoms with van der Waals surface area (Å²) >= 11 is 0. The van der Waals surface area contributed by atoms with Crippen molar-refractivity contribution >= 4 is 5.97 Å². The predicted molar refractivity (Wildman–Crippen MR) is 58.3 cm³/mol.